The van der Waals surface area contributed by atoms with Crippen LogP contribution in [0.3, 0.4) is 0 Å². The summed E-state index contributed by atoms with van der Waals surface area (Å²) in [6.45, 7) is 1.21. The van der Waals surface area contributed by atoms with Gasteiger partial charge in [-0.3, -0.25) is 14.9 Å². The van der Waals surface area contributed by atoms with Gasteiger partial charge in [-0.2, -0.15) is 0 Å². The summed E-state index contributed by atoms with van der Waals surface area (Å²) < 4.78 is 12.9. The molecule has 1 aliphatic heterocycles. The van der Waals surface area contributed by atoms with Crippen LogP contribution in [0.5, 0.6) is 0 Å². The maximum Gasteiger partial charge on any atom is 0.269 e. The van der Waals surface area contributed by atoms with Crippen molar-refractivity contribution in [3.8, 4) is 0 Å². The number of nitrogens with zero attached hydrogens (tertiary/aromatic N) is 2. The lowest BCUT2D eigenvalue weighted by atomic mass is 10.0. The van der Waals surface area contributed by atoms with Crippen LogP contribution in [0.1, 0.15) is 23.2 Å². The Labute approximate surface area is 144 Å². The molecule has 0 aromatic heterocycles. The van der Waals surface area contributed by atoms with Crippen LogP contribution in [-0.4, -0.2) is 34.9 Å². The molecule has 2 aromatic rings. The van der Waals surface area contributed by atoms with E-state index in [1.54, 1.807) is 17.0 Å². The van der Waals surface area contributed by atoms with Crippen LogP contribution in [0.25, 0.3) is 0 Å². The Morgan fingerprint density at radius 3 is 2.24 bits per heavy atom. The molecule has 1 saturated heterocycles. The minimum Gasteiger partial charge on any atom is -0.382 e. The summed E-state index contributed by atoms with van der Waals surface area (Å²) in [6, 6.07) is 12.1. The molecular weight excluding hydrogens is 325 g/mol. The van der Waals surface area contributed by atoms with Crippen molar-refractivity contribution in [3.05, 3.63) is 70.0 Å². The van der Waals surface area contributed by atoms with Gasteiger partial charge in [-0.25, -0.2) is 4.39 Å². The number of benzene rings is 2. The van der Waals surface area contributed by atoms with Crippen molar-refractivity contribution in [2.45, 2.75) is 18.9 Å². The second-order valence-electron chi connectivity index (χ2n) is 6.02. The molecule has 1 N–H and O–H groups in total. The largest absolute Gasteiger partial charge is 0.382 e. The Morgan fingerprint density at radius 1 is 1.08 bits per heavy atom. The number of hydrogen-bond acceptors (Lipinski definition) is 4. The summed E-state index contributed by atoms with van der Waals surface area (Å²) in [6.07, 6.45) is 1.58. The Morgan fingerprint density at radius 2 is 1.68 bits per heavy atom. The first kappa shape index (κ1) is 16.9. The zero-order chi connectivity index (χ0) is 17.8. The van der Waals surface area contributed by atoms with Gasteiger partial charge in [0.2, 0.25) is 0 Å². The number of piperidine rings is 1. The van der Waals surface area contributed by atoms with Gasteiger partial charge in [-0.1, -0.05) is 0 Å². The predicted molar refractivity (Wildman–Crippen MR) is 92.0 cm³/mol. The highest BCUT2D eigenvalue weighted by Crippen LogP contribution is 2.19. The molecule has 0 bridgehead atoms. The second kappa shape index (κ2) is 7.29. The van der Waals surface area contributed by atoms with Crippen molar-refractivity contribution in [1.82, 2.24) is 4.90 Å². The molecule has 130 valence electrons. The number of carbonyl (C=O) groups excluding carboxylic acids is 1. The third-order valence-electron chi connectivity index (χ3n) is 4.32. The number of nitrogens with one attached hydrogen (secondary N) is 1. The first-order valence-electron chi connectivity index (χ1n) is 8.09. The highest BCUT2D eigenvalue weighted by molar-refractivity contribution is 5.94. The van der Waals surface area contributed by atoms with E-state index in [4.69, 9.17) is 0 Å². The van der Waals surface area contributed by atoms with Crippen LogP contribution in [0.2, 0.25) is 0 Å². The molecule has 3 rings (SSSR count). The van der Waals surface area contributed by atoms with E-state index >= 15 is 0 Å². The third kappa shape index (κ3) is 4.12. The Hall–Kier alpha value is -2.96. The minimum atomic E-state index is -0.485. The summed E-state index contributed by atoms with van der Waals surface area (Å²) in [7, 11) is 0. The first-order chi connectivity index (χ1) is 12.0. The van der Waals surface area contributed by atoms with E-state index in [-0.39, 0.29) is 23.5 Å². The lowest BCUT2D eigenvalue weighted by Crippen LogP contribution is -2.42. The Balaban J connectivity index is 1.55. The smallest absolute Gasteiger partial charge is 0.269 e. The number of non-ortho nitro benzene ring substituents is 1. The van der Waals surface area contributed by atoms with E-state index in [1.165, 1.54) is 36.4 Å². The molecule has 0 aliphatic carbocycles. The van der Waals surface area contributed by atoms with Crippen molar-refractivity contribution in [3.63, 3.8) is 0 Å². The SMILES string of the molecule is O=C(c1ccc([N+](=O)[O-])cc1)N1CCC(Nc2ccc(F)cc2)CC1. The van der Waals surface area contributed by atoms with Gasteiger partial charge in [0.15, 0.2) is 0 Å². The van der Waals surface area contributed by atoms with Crippen molar-refractivity contribution in [2.75, 3.05) is 18.4 Å². The number of likely N-dealkylation sites (tertiary alicyclic amines) is 1. The minimum absolute atomic E-state index is 0.0289. The summed E-state index contributed by atoms with van der Waals surface area (Å²) in [5.74, 6) is -0.385. The van der Waals surface area contributed by atoms with Crippen LogP contribution < -0.4 is 5.32 Å². The van der Waals surface area contributed by atoms with Gasteiger partial charge >= 0.3 is 0 Å². The third-order valence-corrected chi connectivity index (χ3v) is 4.32. The van der Waals surface area contributed by atoms with E-state index in [0.29, 0.717) is 18.7 Å². The topological polar surface area (TPSA) is 75.5 Å². The summed E-state index contributed by atoms with van der Waals surface area (Å²) >= 11 is 0. The summed E-state index contributed by atoms with van der Waals surface area (Å²) in [4.78, 5) is 24.4. The number of nitro benzene ring substituents is 1. The van der Waals surface area contributed by atoms with E-state index in [2.05, 4.69) is 5.32 Å². The number of nitro groups is 1. The lowest BCUT2D eigenvalue weighted by Gasteiger charge is -2.33. The highest BCUT2D eigenvalue weighted by atomic mass is 19.1. The molecule has 0 radical (unpaired) electrons. The molecule has 2 aromatic carbocycles. The van der Waals surface area contributed by atoms with Gasteiger partial charge < -0.3 is 10.2 Å². The molecule has 1 heterocycles. The number of anilines is 1. The van der Waals surface area contributed by atoms with Crippen LogP contribution in [-0.2, 0) is 0 Å². The number of rotatable bonds is 4. The molecule has 0 spiro atoms. The summed E-state index contributed by atoms with van der Waals surface area (Å²) in [5.41, 5.74) is 1.29. The lowest BCUT2D eigenvalue weighted by molar-refractivity contribution is -0.384. The maximum atomic E-state index is 12.9. The number of hydrogen-bond donors (Lipinski definition) is 1. The van der Waals surface area contributed by atoms with Crippen LogP contribution >= 0.6 is 0 Å². The molecule has 1 amide bonds. The van der Waals surface area contributed by atoms with Crippen molar-refractivity contribution in [1.29, 1.82) is 0 Å². The molecule has 1 fully saturated rings. The van der Waals surface area contributed by atoms with Crippen molar-refractivity contribution >= 4 is 17.3 Å². The molecular formula is C18H18FN3O3. The van der Waals surface area contributed by atoms with Crippen molar-refractivity contribution in [2.24, 2.45) is 0 Å². The highest BCUT2D eigenvalue weighted by Gasteiger charge is 2.24. The fourth-order valence-corrected chi connectivity index (χ4v) is 2.92. The normalized spacial score (nSPS) is 15.0. The van der Waals surface area contributed by atoms with Gasteiger partial charge in [0.1, 0.15) is 5.82 Å². The zero-order valence-electron chi connectivity index (χ0n) is 13.5. The van der Waals surface area contributed by atoms with Gasteiger partial charge in [0.05, 0.1) is 4.92 Å². The molecule has 0 saturated carbocycles. The summed E-state index contributed by atoms with van der Waals surface area (Å²) in [5, 5.41) is 14.0. The molecule has 1 aliphatic rings. The van der Waals surface area contributed by atoms with Gasteiger partial charge in [0.25, 0.3) is 11.6 Å². The van der Waals surface area contributed by atoms with Crippen molar-refractivity contribution < 1.29 is 14.1 Å². The maximum absolute atomic E-state index is 12.9. The van der Waals surface area contributed by atoms with E-state index in [1.807, 2.05) is 0 Å². The quantitative estimate of drug-likeness (QED) is 0.681. The van der Waals surface area contributed by atoms with Gasteiger partial charge in [0, 0.05) is 42.5 Å². The fraction of sp³-hybridized carbons (Fsp3) is 0.278. The molecule has 0 unspecified atom stereocenters. The molecule has 0 atom stereocenters. The van der Waals surface area contributed by atoms with E-state index < -0.39 is 4.92 Å². The van der Waals surface area contributed by atoms with Gasteiger partial charge in [-0.05, 0) is 49.2 Å². The number of amides is 1. The predicted octanol–water partition coefficient (Wildman–Crippen LogP) is 3.45. The molecule has 7 heteroatoms. The van der Waals surface area contributed by atoms with Crippen LogP contribution in [0.4, 0.5) is 15.8 Å². The standard InChI is InChI=1S/C18H18FN3O3/c19-14-3-5-15(6-4-14)20-16-9-11-21(12-10-16)18(23)13-1-7-17(8-2-13)22(24)25/h1-8,16,20H,9-12H2. The monoisotopic (exact) mass is 343 g/mol. The zero-order valence-corrected chi connectivity index (χ0v) is 13.5. The Bertz CT molecular complexity index is 754. The first-order valence-corrected chi connectivity index (χ1v) is 8.09. The molecule has 25 heavy (non-hydrogen) atoms. The van der Waals surface area contributed by atoms with E-state index in [9.17, 15) is 19.3 Å². The van der Waals surface area contributed by atoms with Gasteiger partial charge in [-0.15, -0.1) is 0 Å². The fourth-order valence-electron chi connectivity index (χ4n) is 2.92. The van der Waals surface area contributed by atoms with Crippen LogP contribution in [0.15, 0.2) is 48.5 Å². The van der Waals surface area contributed by atoms with E-state index in [0.717, 1.165) is 18.5 Å². The Kier molecular flexibility index (Phi) is 4.92. The average molecular weight is 343 g/mol. The second-order valence-corrected chi connectivity index (χ2v) is 6.02. The number of halogens is 1. The average Bonchev–Trinajstić information content (AvgIpc) is 2.64. The number of carbonyl (C=O) groups is 1. The van der Waals surface area contributed by atoms with Crippen LogP contribution in [0, 0.1) is 15.9 Å². The molecule has 6 nitrogen and oxygen atoms in total.